The molecule has 1 aromatic heterocycles. The standard InChI is InChI=1S/C14H21N3O6/c15-6-2-1-5-10(12(18)19)16-14(22)17-11(13(20)21)8-9-4-3-7-23-9/h3-4,7,10-11H,1-2,5-6,8,15H2,(H,18,19)(H,20,21)(H2,16,17,22)/t10-,11-/m0/s1. The van der Waals surface area contributed by atoms with Gasteiger partial charge in [-0.15, -0.1) is 0 Å². The van der Waals surface area contributed by atoms with Crippen molar-refractivity contribution in [1.29, 1.82) is 0 Å². The first kappa shape index (κ1) is 18.5. The van der Waals surface area contributed by atoms with Crippen LogP contribution in [0.5, 0.6) is 0 Å². The maximum atomic E-state index is 11.8. The molecule has 9 heteroatoms. The molecule has 9 nitrogen and oxygen atoms in total. The minimum Gasteiger partial charge on any atom is -0.480 e. The number of hydrogen-bond acceptors (Lipinski definition) is 5. The Balaban J connectivity index is 2.55. The minimum absolute atomic E-state index is 0.0410. The second-order valence-electron chi connectivity index (χ2n) is 4.97. The molecular weight excluding hydrogens is 306 g/mol. The van der Waals surface area contributed by atoms with Crippen LogP contribution in [0.25, 0.3) is 0 Å². The van der Waals surface area contributed by atoms with Crippen molar-refractivity contribution in [2.75, 3.05) is 6.54 Å². The van der Waals surface area contributed by atoms with Crippen molar-refractivity contribution in [3.05, 3.63) is 24.2 Å². The Morgan fingerprint density at radius 2 is 1.78 bits per heavy atom. The quantitative estimate of drug-likeness (QED) is 0.383. The van der Waals surface area contributed by atoms with E-state index in [-0.39, 0.29) is 12.8 Å². The van der Waals surface area contributed by atoms with E-state index in [0.717, 1.165) is 0 Å². The molecule has 0 aliphatic carbocycles. The van der Waals surface area contributed by atoms with Gasteiger partial charge in [0, 0.05) is 6.42 Å². The van der Waals surface area contributed by atoms with E-state index in [1.54, 1.807) is 12.1 Å². The average Bonchev–Trinajstić information content (AvgIpc) is 2.98. The molecule has 0 aromatic carbocycles. The van der Waals surface area contributed by atoms with Crippen LogP contribution in [0.15, 0.2) is 22.8 Å². The lowest BCUT2D eigenvalue weighted by Crippen LogP contribution is -2.51. The van der Waals surface area contributed by atoms with E-state index >= 15 is 0 Å². The number of carbonyl (C=O) groups is 3. The first-order chi connectivity index (χ1) is 10.9. The molecule has 128 valence electrons. The van der Waals surface area contributed by atoms with E-state index in [1.165, 1.54) is 6.26 Å². The van der Waals surface area contributed by atoms with Gasteiger partial charge in [0.25, 0.3) is 0 Å². The van der Waals surface area contributed by atoms with Gasteiger partial charge in [-0.25, -0.2) is 14.4 Å². The van der Waals surface area contributed by atoms with Crippen LogP contribution in [-0.2, 0) is 16.0 Å². The van der Waals surface area contributed by atoms with Crippen molar-refractivity contribution in [3.8, 4) is 0 Å². The predicted octanol–water partition coefficient (Wildman–Crippen LogP) is 0.157. The third-order valence-corrected chi connectivity index (χ3v) is 3.14. The molecule has 2 atom stereocenters. The zero-order valence-corrected chi connectivity index (χ0v) is 12.5. The molecule has 1 aromatic rings. The number of carbonyl (C=O) groups excluding carboxylic acids is 1. The third kappa shape index (κ3) is 6.83. The topological polar surface area (TPSA) is 155 Å². The van der Waals surface area contributed by atoms with Crippen molar-refractivity contribution in [1.82, 2.24) is 10.6 Å². The first-order valence-corrected chi connectivity index (χ1v) is 7.19. The molecule has 2 amide bonds. The molecule has 1 heterocycles. The van der Waals surface area contributed by atoms with Crippen LogP contribution in [0.2, 0.25) is 0 Å². The number of nitrogens with one attached hydrogen (secondary N) is 2. The normalized spacial score (nSPS) is 13.1. The molecule has 0 radical (unpaired) electrons. The predicted molar refractivity (Wildman–Crippen MR) is 79.8 cm³/mol. The van der Waals surface area contributed by atoms with Crippen LogP contribution in [0.3, 0.4) is 0 Å². The molecule has 0 unspecified atom stereocenters. The number of amides is 2. The average molecular weight is 327 g/mol. The van der Waals surface area contributed by atoms with Crippen LogP contribution in [0, 0.1) is 0 Å². The number of unbranched alkanes of at least 4 members (excludes halogenated alkanes) is 1. The van der Waals surface area contributed by atoms with Crippen molar-refractivity contribution in [2.24, 2.45) is 5.73 Å². The van der Waals surface area contributed by atoms with Gasteiger partial charge in [-0.2, -0.15) is 0 Å². The zero-order valence-electron chi connectivity index (χ0n) is 12.5. The van der Waals surface area contributed by atoms with Gasteiger partial charge < -0.3 is 31.0 Å². The molecular formula is C14H21N3O6. The van der Waals surface area contributed by atoms with E-state index in [2.05, 4.69) is 10.6 Å². The lowest BCUT2D eigenvalue weighted by atomic mass is 10.1. The fraction of sp³-hybridized carbons (Fsp3) is 0.500. The summed E-state index contributed by atoms with van der Waals surface area (Å²) in [5, 5.41) is 22.7. The Labute approximate surface area is 132 Å². The van der Waals surface area contributed by atoms with E-state index in [1.807, 2.05) is 0 Å². The highest BCUT2D eigenvalue weighted by Gasteiger charge is 2.25. The fourth-order valence-corrected chi connectivity index (χ4v) is 1.94. The SMILES string of the molecule is NCCCC[C@H](NC(=O)N[C@@H](Cc1ccco1)C(=O)O)C(=O)O. The Bertz CT molecular complexity index is 517. The van der Waals surface area contributed by atoms with Crippen molar-refractivity contribution in [2.45, 2.75) is 37.8 Å². The highest BCUT2D eigenvalue weighted by atomic mass is 16.4. The number of nitrogens with two attached hydrogens (primary N) is 1. The molecule has 0 fully saturated rings. The van der Waals surface area contributed by atoms with E-state index in [0.29, 0.717) is 25.1 Å². The second-order valence-corrected chi connectivity index (χ2v) is 4.97. The number of urea groups is 1. The van der Waals surface area contributed by atoms with Crippen LogP contribution < -0.4 is 16.4 Å². The number of aliphatic carboxylic acids is 2. The van der Waals surface area contributed by atoms with Gasteiger partial charge >= 0.3 is 18.0 Å². The lowest BCUT2D eigenvalue weighted by Gasteiger charge is -2.18. The zero-order chi connectivity index (χ0) is 17.2. The summed E-state index contributed by atoms with van der Waals surface area (Å²) in [4.78, 5) is 34.1. The van der Waals surface area contributed by atoms with Crippen molar-refractivity contribution in [3.63, 3.8) is 0 Å². The highest BCUT2D eigenvalue weighted by molar-refractivity contribution is 5.86. The molecule has 23 heavy (non-hydrogen) atoms. The summed E-state index contributed by atoms with van der Waals surface area (Å²) in [7, 11) is 0. The number of furan rings is 1. The van der Waals surface area contributed by atoms with Crippen LogP contribution in [0.1, 0.15) is 25.0 Å². The molecule has 0 spiro atoms. The highest BCUT2D eigenvalue weighted by Crippen LogP contribution is 2.05. The Morgan fingerprint density at radius 1 is 1.13 bits per heavy atom. The third-order valence-electron chi connectivity index (χ3n) is 3.14. The lowest BCUT2D eigenvalue weighted by molar-refractivity contribution is -0.139. The van der Waals surface area contributed by atoms with E-state index in [9.17, 15) is 14.4 Å². The van der Waals surface area contributed by atoms with Crippen LogP contribution in [0.4, 0.5) is 4.79 Å². The fourth-order valence-electron chi connectivity index (χ4n) is 1.94. The Hall–Kier alpha value is -2.55. The minimum atomic E-state index is -1.24. The summed E-state index contributed by atoms with van der Waals surface area (Å²) in [6.07, 6.45) is 2.76. The summed E-state index contributed by atoms with van der Waals surface area (Å²) in [6.45, 7) is 0.433. The maximum absolute atomic E-state index is 11.8. The number of carboxylic acid groups (broad SMARTS) is 2. The van der Waals surface area contributed by atoms with Crippen molar-refractivity contribution >= 4 is 18.0 Å². The van der Waals surface area contributed by atoms with E-state index in [4.69, 9.17) is 20.4 Å². The number of rotatable bonds is 10. The largest absolute Gasteiger partial charge is 0.480 e. The van der Waals surface area contributed by atoms with Gasteiger partial charge in [0.05, 0.1) is 6.26 Å². The number of hydrogen-bond donors (Lipinski definition) is 5. The van der Waals surface area contributed by atoms with Gasteiger partial charge in [0.2, 0.25) is 0 Å². The molecule has 0 aliphatic rings. The summed E-state index contributed by atoms with van der Waals surface area (Å²) < 4.78 is 5.04. The van der Waals surface area contributed by atoms with Crippen LogP contribution >= 0.6 is 0 Å². The molecule has 6 N–H and O–H groups in total. The molecule has 0 aliphatic heterocycles. The second kappa shape index (κ2) is 9.46. The van der Waals surface area contributed by atoms with E-state index < -0.39 is 30.1 Å². The summed E-state index contributed by atoms with van der Waals surface area (Å²) >= 11 is 0. The van der Waals surface area contributed by atoms with Gasteiger partial charge in [-0.3, -0.25) is 0 Å². The first-order valence-electron chi connectivity index (χ1n) is 7.19. The smallest absolute Gasteiger partial charge is 0.326 e. The molecule has 0 bridgehead atoms. The van der Waals surface area contributed by atoms with Crippen LogP contribution in [-0.4, -0.2) is 46.8 Å². The molecule has 0 saturated carbocycles. The van der Waals surface area contributed by atoms with Gasteiger partial charge in [0.15, 0.2) is 0 Å². The summed E-state index contributed by atoms with van der Waals surface area (Å²) in [5.41, 5.74) is 5.33. The summed E-state index contributed by atoms with van der Waals surface area (Å²) in [6, 6.07) is 0.0116. The van der Waals surface area contributed by atoms with Gasteiger partial charge in [-0.1, -0.05) is 0 Å². The van der Waals surface area contributed by atoms with Crippen molar-refractivity contribution < 1.29 is 29.0 Å². The summed E-state index contributed by atoms with van der Waals surface area (Å²) in [5.74, 6) is -2.03. The Morgan fingerprint density at radius 3 is 2.30 bits per heavy atom. The molecule has 1 rings (SSSR count). The maximum Gasteiger partial charge on any atom is 0.326 e. The number of carboxylic acids is 2. The van der Waals surface area contributed by atoms with Gasteiger partial charge in [-0.05, 0) is 37.9 Å². The monoisotopic (exact) mass is 327 g/mol. The molecule has 0 saturated heterocycles. The Kier molecular flexibility index (Phi) is 7.61. The van der Waals surface area contributed by atoms with Gasteiger partial charge in [0.1, 0.15) is 17.8 Å².